The second-order valence-electron chi connectivity index (χ2n) is 14.1. The second kappa shape index (κ2) is 7.56. The molecule has 1 atom stereocenters. The number of pyridine rings is 2. The molecule has 48 heavy (non-hydrogen) atoms. The van der Waals surface area contributed by atoms with Gasteiger partial charge in [0, 0.05) is 22.9 Å². The van der Waals surface area contributed by atoms with E-state index in [9.17, 15) is 0 Å². The van der Waals surface area contributed by atoms with Gasteiger partial charge in [-0.25, -0.2) is 0 Å². The van der Waals surface area contributed by atoms with Crippen molar-refractivity contribution in [2.75, 3.05) is 0 Å². The molecule has 0 bridgehead atoms. The van der Waals surface area contributed by atoms with Crippen molar-refractivity contribution in [3.8, 4) is 22.4 Å². The molecule has 0 fully saturated rings. The molecule has 0 radical (unpaired) electrons. The van der Waals surface area contributed by atoms with Crippen LogP contribution in [-0.2, 0) is 11.1 Å². The average Bonchev–Trinajstić information content (AvgIpc) is 3.83. The standard InChI is InChI=1S/C45H27N3/c1-26-23-24-46-39(25-26)31-14-10-17-34-41(31)45(46)42-35(44(34)32-15-5-2-11-27(32)28-12-3-6-16-33(28)44)22-21-30-29-13-4-7-18-36(29)47-37-19-8-9-20-38(37)48(45)43(47)40(30)42/h2-25H,1H3/q+2. The number of aromatic nitrogens is 3. The summed E-state index contributed by atoms with van der Waals surface area (Å²) in [4.78, 5) is 0. The van der Waals surface area contributed by atoms with Crippen LogP contribution >= 0.6 is 0 Å². The predicted molar refractivity (Wildman–Crippen MR) is 189 cm³/mol. The van der Waals surface area contributed by atoms with E-state index in [0.717, 1.165) is 0 Å². The number of imidazole rings is 1. The zero-order valence-electron chi connectivity index (χ0n) is 26.2. The summed E-state index contributed by atoms with van der Waals surface area (Å²) in [6.07, 6.45) is 2.36. The van der Waals surface area contributed by atoms with E-state index >= 15 is 0 Å². The van der Waals surface area contributed by atoms with Gasteiger partial charge in [-0.05, 0) is 70.1 Å². The van der Waals surface area contributed by atoms with E-state index in [4.69, 9.17) is 0 Å². The van der Waals surface area contributed by atoms with E-state index in [1.165, 1.54) is 99.7 Å². The highest BCUT2D eigenvalue weighted by molar-refractivity contribution is 6.16. The van der Waals surface area contributed by atoms with Gasteiger partial charge in [0.2, 0.25) is 5.69 Å². The maximum atomic E-state index is 2.71. The molecule has 0 N–H and O–H groups in total. The van der Waals surface area contributed by atoms with E-state index in [2.05, 4.69) is 166 Å². The molecule has 2 aliphatic carbocycles. The lowest BCUT2D eigenvalue weighted by Crippen LogP contribution is -2.73. The molecule has 3 nitrogen and oxygen atoms in total. The first-order chi connectivity index (χ1) is 23.8. The third-order valence-electron chi connectivity index (χ3n) is 12.2. The lowest BCUT2D eigenvalue weighted by atomic mass is 9.58. The van der Waals surface area contributed by atoms with Gasteiger partial charge in [-0.1, -0.05) is 103 Å². The molecular weight excluding hydrogens is 583 g/mol. The minimum atomic E-state index is -0.588. The Morgan fingerprint density at radius 1 is 0.542 bits per heavy atom. The number of benzene rings is 6. The molecule has 5 heterocycles. The van der Waals surface area contributed by atoms with E-state index in [1.807, 2.05) is 0 Å². The number of hydrogen-bond acceptors (Lipinski definition) is 0. The minimum Gasteiger partial charge on any atom is -0.187 e. The Hall–Kier alpha value is -6.06. The summed E-state index contributed by atoms with van der Waals surface area (Å²) in [6.45, 7) is 2.22. The summed E-state index contributed by atoms with van der Waals surface area (Å²) >= 11 is 0. The summed E-state index contributed by atoms with van der Waals surface area (Å²) in [7, 11) is 0. The molecule has 220 valence electrons. The Morgan fingerprint density at radius 2 is 1.21 bits per heavy atom. The van der Waals surface area contributed by atoms with Crippen LogP contribution in [-0.4, -0.2) is 4.40 Å². The summed E-state index contributed by atoms with van der Waals surface area (Å²) in [6, 6.07) is 53.1. The van der Waals surface area contributed by atoms with Crippen LogP contribution < -0.4 is 9.13 Å². The molecule has 13 rings (SSSR count). The molecule has 3 aromatic heterocycles. The maximum Gasteiger partial charge on any atom is 0.365 e. The van der Waals surface area contributed by atoms with Gasteiger partial charge in [-0.15, -0.1) is 9.13 Å². The number of fused-ring (bicyclic) bond motifs is 15. The van der Waals surface area contributed by atoms with E-state index in [-0.39, 0.29) is 0 Å². The zero-order valence-corrected chi connectivity index (χ0v) is 26.2. The van der Waals surface area contributed by atoms with Crippen molar-refractivity contribution < 1.29 is 9.13 Å². The van der Waals surface area contributed by atoms with Crippen LogP contribution in [0.15, 0.2) is 146 Å². The summed E-state index contributed by atoms with van der Waals surface area (Å²) < 4.78 is 7.88. The topological polar surface area (TPSA) is 12.2 Å². The Kier molecular flexibility index (Phi) is 3.81. The smallest absolute Gasteiger partial charge is 0.187 e. The van der Waals surface area contributed by atoms with Gasteiger partial charge in [0.1, 0.15) is 5.52 Å². The van der Waals surface area contributed by atoms with Gasteiger partial charge in [-0.3, -0.25) is 0 Å². The fourth-order valence-electron chi connectivity index (χ4n) is 10.8. The highest BCUT2D eigenvalue weighted by Gasteiger charge is 2.72. The molecule has 9 aromatic rings. The first-order valence-electron chi connectivity index (χ1n) is 17.0. The fourth-order valence-corrected chi connectivity index (χ4v) is 10.8. The normalized spacial score (nSPS) is 17.9. The van der Waals surface area contributed by atoms with Crippen molar-refractivity contribution >= 4 is 38.4 Å². The predicted octanol–water partition coefficient (Wildman–Crippen LogP) is 8.55. The van der Waals surface area contributed by atoms with Crippen LogP contribution in [0.5, 0.6) is 0 Å². The summed E-state index contributed by atoms with van der Waals surface area (Å²) in [5.74, 6) is 0. The monoisotopic (exact) mass is 609 g/mol. The zero-order chi connectivity index (χ0) is 31.1. The molecule has 4 aliphatic rings. The molecule has 0 amide bonds. The van der Waals surface area contributed by atoms with Gasteiger partial charge >= 0.3 is 11.3 Å². The molecule has 0 saturated heterocycles. The van der Waals surface area contributed by atoms with Crippen LogP contribution in [0.4, 0.5) is 0 Å². The second-order valence-corrected chi connectivity index (χ2v) is 14.1. The first kappa shape index (κ1) is 24.2. The lowest BCUT2D eigenvalue weighted by molar-refractivity contribution is -0.940. The SMILES string of the molecule is Cc1cc[n+]2c(c1)-c1cccc3c1C21c2c(ccc4c5ccccc5n5c6ccccc6[n+]1c5c24)C31c2ccccc2-c2ccccc21. The highest BCUT2D eigenvalue weighted by atomic mass is 15.3. The largest absolute Gasteiger partial charge is 0.365 e. The molecule has 3 heteroatoms. The Balaban J connectivity index is 1.40. The first-order valence-corrected chi connectivity index (χ1v) is 17.0. The van der Waals surface area contributed by atoms with Crippen LogP contribution in [0.25, 0.3) is 60.7 Å². The number of rotatable bonds is 0. The highest BCUT2D eigenvalue weighted by Crippen LogP contribution is 2.65. The van der Waals surface area contributed by atoms with Gasteiger partial charge in [0.05, 0.1) is 27.5 Å². The minimum absolute atomic E-state index is 0.453. The van der Waals surface area contributed by atoms with Crippen LogP contribution in [0.2, 0.25) is 0 Å². The van der Waals surface area contributed by atoms with E-state index in [0.29, 0.717) is 0 Å². The van der Waals surface area contributed by atoms with Crippen molar-refractivity contribution in [3.63, 3.8) is 0 Å². The number of para-hydroxylation sites is 3. The van der Waals surface area contributed by atoms with E-state index < -0.39 is 11.1 Å². The van der Waals surface area contributed by atoms with Crippen LogP contribution in [0.1, 0.15) is 38.9 Å². The van der Waals surface area contributed by atoms with Crippen LogP contribution in [0.3, 0.4) is 0 Å². The lowest BCUT2D eigenvalue weighted by Gasteiger charge is -2.42. The third kappa shape index (κ3) is 2.20. The molecule has 6 aromatic carbocycles. The number of nitrogens with zero attached hydrogens (tertiary/aromatic N) is 3. The quantitative estimate of drug-likeness (QED) is 0.121. The molecule has 2 aliphatic heterocycles. The van der Waals surface area contributed by atoms with E-state index in [1.54, 1.807) is 0 Å². The van der Waals surface area contributed by atoms with Gasteiger partial charge in [-0.2, -0.15) is 4.40 Å². The summed E-state index contributed by atoms with van der Waals surface area (Å²) in [5.41, 5.74) is 18.9. The Labute approximate surface area is 276 Å². The van der Waals surface area contributed by atoms with Gasteiger partial charge < -0.3 is 0 Å². The number of hydrogen-bond donors (Lipinski definition) is 0. The van der Waals surface area contributed by atoms with Gasteiger partial charge in [0.15, 0.2) is 17.2 Å². The molecule has 0 saturated carbocycles. The maximum absolute atomic E-state index is 2.71. The Morgan fingerprint density at radius 3 is 2.04 bits per heavy atom. The Bertz CT molecular complexity index is 2990. The average molecular weight is 610 g/mol. The van der Waals surface area contributed by atoms with Crippen molar-refractivity contribution in [3.05, 3.63) is 185 Å². The summed E-state index contributed by atoms with van der Waals surface area (Å²) in [5, 5.41) is 3.98. The van der Waals surface area contributed by atoms with Crippen LogP contribution in [0, 0.1) is 6.92 Å². The van der Waals surface area contributed by atoms with Crippen molar-refractivity contribution in [1.29, 1.82) is 0 Å². The number of aryl methyl sites for hydroxylation is 1. The molecular formula is C45H27N3+2. The van der Waals surface area contributed by atoms with Gasteiger partial charge in [0.25, 0.3) is 0 Å². The third-order valence-corrected chi connectivity index (χ3v) is 12.2. The fraction of sp³-hybridized carbons (Fsp3) is 0.0667. The van der Waals surface area contributed by atoms with Crippen molar-refractivity contribution in [2.24, 2.45) is 0 Å². The van der Waals surface area contributed by atoms with Crippen molar-refractivity contribution in [2.45, 2.75) is 18.0 Å². The molecule has 1 unspecified atom stereocenters. The van der Waals surface area contributed by atoms with Crippen molar-refractivity contribution in [1.82, 2.24) is 4.40 Å². The molecule has 2 spiro atoms.